The first kappa shape index (κ1) is 34.3. The van der Waals surface area contributed by atoms with E-state index in [-0.39, 0.29) is 23.6 Å². The number of alkyl halides is 3. The summed E-state index contributed by atoms with van der Waals surface area (Å²) in [5, 5.41) is 13.8. The minimum absolute atomic E-state index is 0.00491. The minimum atomic E-state index is -4.99. The van der Waals surface area contributed by atoms with Gasteiger partial charge in [0, 0.05) is 67.7 Å². The number of benzene rings is 1. The van der Waals surface area contributed by atoms with Crippen molar-refractivity contribution in [3.8, 4) is 22.8 Å². The lowest BCUT2D eigenvalue weighted by Gasteiger charge is -2.59. The second kappa shape index (κ2) is 13.1. The zero-order valence-corrected chi connectivity index (χ0v) is 29.2. The highest BCUT2D eigenvalue weighted by molar-refractivity contribution is 6.01. The fourth-order valence-corrected chi connectivity index (χ4v) is 9.79. The Morgan fingerprint density at radius 2 is 1.57 bits per heavy atom. The summed E-state index contributed by atoms with van der Waals surface area (Å²) in [6.07, 6.45) is 6.86. The number of hydrogen-bond acceptors (Lipinski definition) is 8. The van der Waals surface area contributed by atoms with Crippen LogP contribution < -0.4 is 15.0 Å². The SMILES string of the molecule is O=C(NC1(C(=O)O)C2CC3CC(C2)CC1C3)c1ccc(-c2cn(-c3ccccn3)c3cc(OC4CCN(c5ncccn5)CC4)ccc23)nc1C(F)(F)F. The predicted molar refractivity (Wildman–Crippen MR) is 192 cm³/mol. The Bertz CT molecular complexity index is 2190. The van der Waals surface area contributed by atoms with E-state index in [9.17, 15) is 27.9 Å². The number of nitrogens with zero attached hydrogens (tertiary/aromatic N) is 6. The maximum absolute atomic E-state index is 14.8. The summed E-state index contributed by atoms with van der Waals surface area (Å²) in [5.41, 5.74) is -2.61. The van der Waals surface area contributed by atoms with Crippen molar-refractivity contribution in [3.05, 3.63) is 90.6 Å². The first-order valence-electron chi connectivity index (χ1n) is 18.5. The molecule has 4 aromatic heterocycles. The number of piperidine rings is 1. The normalized spacial score (nSPS) is 25.2. The number of anilines is 1. The van der Waals surface area contributed by atoms with Gasteiger partial charge in [-0.3, -0.25) is 4.79 Å². The molecule has 54 heavy (non-hydrogen) atoms. The van der Waals surface area contributed by atoms with Gasteiger partial charge >= 0.3 is 12.1 Å². The van der Waals surface area contributed by atoms with Gasteiger partial charge in [0.1, 0.15) is 23.2 Å². The van der Waals surface area contributed by atoms with Gasteiger partial charge in [-0.25, -0.2) is 24.7 Å². The van der Waals surface area contributed by atoms with Gasteiger partial charge in [0.25, 0.3) is 5.91 Å². The number of nitrogens with one attached hydrogen (secondary N) is 1. The summed E-state index contributed by atoms with van der Waals surface area (Å²) in [6, 6.07) is 15.1. The Morgan fingerprint density at radius 3 is 2.22 bits per heavy atom. The second-order valence-electron chi connectivity index (χ2n) is 15.2. The molecule has 278 valence electrons. The lowest BCUT2D eigenvalue weighted by molar-refractivity contribution is -0.163. The summed E-state index contributed by atoms with van der Waals surface area (Å²) >= 11 is 0. The molecule has 0 spiro atoms. The van der Waals surface area contributed by atoms with Crippen LogP contribution in [0, 0.1) is 23.7 Å². The number of carboxylic acid groups (broad SMARTS) is 1. The Labute approximate surface area is 308 Å². The number of halogens is 3. The highest BCUT2D eigenvalue weighted by Crippen LogP contribution is 2.58. The zero-order valence-electron chi connectivity index (χ0n) is 29.2. The van der Waals surface area contributed by atoms with E-state index >= 15 is 0 Å². The fraction of sp³-hybridized carbons (Fsp3) is 0.400. The second-order valence-corrected chi connectivity index (χ2v) is 15.2. The lowest BCUT2D eigenvalue weighted by Crippen LogP contribution is -2.70. The third-order valence-corrected chi connectivity index (χ3v) is 12.0. The number of aliphatic carboxylic acids is 1. The molecule has 0 atom stereocenters. The summed E-state index contributed by atoms with van der Waals surface area (Å²) in [7, 11) is 0. The van der Waals surface area contributed by atoms with E-state index in [0.29, 0.717) is 71.5 Å². The van der Waals surface area contributed by atoms with Crippen molar-refractivity contribution in [2.75, 3.05) is 18.0 Å². The van der Waals surface area contributed by atoms with Crippen LogP contribution in [0.1, 0.15) is 61.0 Å². The molecule has 0 radical (unpaired) electrons. The Hall–Kier alpha value is -5.53. The molecule has 5 heterocycles. The molecule has 5 fully saturated rings. The maximum Gasteiger partial charge on any atom is 0.434 e. The number of fused-ring (bicyclic) bond motifs is 1. The zero-order chi connectivity index (χ0) is 37.2. The van der Waals surface area contributed by atoms with Crippen LogP contribution in [-0.4, -0.2) is 66.2 Å². The van der Waals surface area contributed by atoms with E-state index < -0.39 is 34.8 Å². The number of carboxylic acids is 1. The van der Waals surface area contributed by atoms with Crippen molar-refractivity contribution in [1.29, 1.82) is 0 Å². The molecular formula is C40H38F3N7O4. The first-order chi connectivity index (χ1) is 26.1. The molecule has 5 aliphatic rings. The van der Waals surface area contributed by atoms with E-state index in [0.717, 1.165) is 38.4 Å². The smallest absolute Gasteiger partial charge is 0.434 e. The molecule has 0 unspecified atom stereocenters. The van der Waals surface area contributed by atoms with Crippen molar-refractivity contribution in [2.45, 2.75) is 62.8 Å². The van der Waals surface area contributed by atoms with Crippen LogP contribution in [0.3, 0.4) is 0 Å². The van der Waals surface area contributed by atoms with Gasteiger partial charge in [-0.05, 0) is 98.2 Å². The van der Waals surface area contributed by atoms with Crippen LogP contribution in [0.25, 0.3) is 28.0 Å². The molecule has 1 amide bonds. The van der Waals surface area contributed by atoms with Crippen LogP contribution in [-0.2, 0) is 11.0 Å². The van der Waals surface area contributed by atoms with Crippen LogP contribution in [0.5, 0.6) is 5.75 Å². The molecule has 4 bridgehead atoms. The molecule has 4 saturated carbocycles. The fourth-order valence-electron chi connectivity index (χ4n) is 9.79. The molecule has 1 saturated heterocycles. The number of hydrogen-bond donors (Lipinski definition) is 2. The number of rotatable bonds is 8. The maximum atomic E-state index is 14.8. The molecule has 10 rings (SSSR count). The number of aromatic nitrogens is 5. The van der Waals surface area contributed by atoms with Gasteiger partial charge in [0.15, 0.2) is 5.69 Å². The number of carbonyl (C=O) groups excluding carboxylic acids is 1. The predicted octanol–water partition coefficient (Wildman–Crippen LogP) is 6.95. The number of amides is 1. The Kier molecular flexibility index (Phi) is 8.31. The molecule has 5 aromatic rings. The monoisotopic (exact) mass is 737 g/mol. The number of ether oxygens (including phenoxy) is 1. The molecular weight excluding hydrogens is 699 g/mol. The first-order valence-corrected chi connectivity index (χ1v) is 18.5. The molecule has 2 N–H and O–H groups in total. The molecule has 1 aromatic carbocycles. The summed E-state index contributed by atoms with van der Waals surface area (Å²) in [5.74, 6) is -0.269. The third-order valence-electron chi connectivity index (χ3n) is 12.0. The van der Waals surface area contributed by atoms with Gasteiger partial charge in [-0.15, -0.1) is 0 Å². The van der Waals surface area contributed by atoms with Crippen molar-refractivity contribution < 1.29 is 32.6 Å². The summed E-state index contributed by atoms with van der Waals surface area (Å²) < 4.78 is 52.6. The quantitative estimate of drug-likeness (QED) is 0.173. The standard InChI is InChI=1S/C40H38F3N7O4/c41-40(42,43)35-30(36(51)48-39(37(52)53)25-17-23-16-24(19-25)20-26(39)18-23)7-8-32(47-35)31-22-50(34-4-1-2-11-44-34)33-21-28(5-6-29(31)33)54-27-9-14-49(15-10-27)38-45-12-3-13-46-38/h1-8,11-13,21-27H,9-10,14-20H2,(H,48,51)(H,52,53). The third kappa shape index (κ3) is 5.91. The van der Waals surface area contributed by atoms with Crippen LogP contribution in [0.2, 0.25) is 0 Å². The van der Waals surface area contributed by atoms with Crippen molar-refractivity contribution in [3.63, 3.8) is 0 Å². The van der Waals surface area contributed by atoms with E-state index in [1.807, 2.05) is 12.1 Å². The van der Waals surface area contributed by atoms with E-state index in [2.05, 4.69) is 30.2 Å². The van der Waals surface area contributed by atoms with Crippen molar-refractivity contribution in [1.82, 2.24) is 29.8 Å². The largest absolute Gasteiger partial charge is 0.490 e. The summed E-state index contributed by atoms with van der Waals surface area (Å²) in [4.78, 5) is 46.1. The summed E-state index contributed by atoms with van der Waals surface area (Å²) in [6.45, 7) is 1.46. The highest BCUT2D eigenvalue weighted by Gasteiger charge is 2.62. The molecule has 14 heteroatoms. The average molecular weight is 738 g/mol. The van der Waals surface area contributed by atoms with Gasteiger partial charge < -0.3 is 24.6 Å². The van der Waals surface area contributed by atoms with E-state index in [4.69, 9.17) is 4.74 Å². The highest BCUT2D eigenvalue weighted by atomic mass is 19.4. The number of pyridine rings is 2. The topological polar surface area (TPSA) is 135 Å². The Morgan fingerprint density at radius 1 is 0.870 bits per heavy atom. The Balaban J connectivity index is 1.04. The van der Waals surface area contributed by atoms with Crippen LogP contribution >= 0.6 is 0 Å². The van der Waals surface area contributed by atoms with E-state index in [1.165, 1.54) is 6.07 Å². The minimum Gasteiger partial charge on any atom is -0.490 e. The molecule has 1 aliphatic heterocycles. The van der Waals surface area contributed by atoms with E-state index in [1.54, 1.807) is 59.7 Å². The van der Waals surface area contributed by atoms with Crippen molar-refractivity contribution >= 4 is 28.7 Å². The van der Waals surface area contributed by atoms with Crippen LogP contribution in [0.15, 0.2) is 79.4 Å². The van der Waals surface area contributed by atoms with Gasteiger partial charge in [0.05, 0.1) is 16.8 Å². The lowest BCUT2D eigenvalue weighted by atomic mass is 9.48. The van der Waals surface area contributed by atoms with Gasteiger partial charge in [0.2, 0.25) is 5.95 Å². The van der Waals surface area contributed by atoms with Crippen LogP contribution in [0.4, 0.5) is 19.1 Å². The van der Waals surface area contributed by atoms with Crippen molar-refractivity contribution in [2.24, 2.45) is 23.7 Å². The number of carbonyl (C=O) groups is 2. The molecule has 4 aliphatic carbocycles. The average Bonchev–Trinajstić information content (AvgIpc) is 3.55. The van der Waals surface area contributed by atoms with Gasteiger partial charge in [-0.2, -0.15) is 13.2 Å². The van der Waals surface area contributed by atoms with Gasteiger partial charge in [-0.1, -0.05) is 6.07 Å². The molecule has 11 nitrogen and oxygen atoms in total.